The van der Waals surface area contributed by atoms with Gasteiger partial charge in [-0.25, -0.2) is 9.97 Å². The van der Waals surface area contributed by atoms with Crippen molar-refractivity contribution in [3.63, 3.8) is 0 Å². The lowest BCUT2D eigenvalue weighted by atomic mass is 9.90. The third kappa shape index (κ3) is 4.40. The van der Waals surface area contributed by atoms with Crippen molar-refractivity contribution in [2.24, 2.45) is 0 Å². The second kappa shape index (κ2) is 9.62. The number of carbonyl (C=O) groups is 1. The fourth-order valence-electron chi connectivity index (χ4n) is 5.49. The van der Waals surface area contributed by atoms with Crippen LogP contribution in [0.5, 0.6) is 11.5 Å². The summed E-state index contributed by atoms with van der Waals surface area (Å²) in [6.07, 6.45) is 8.67. The third-order valence-electron chi connectivity index (χ3n) is 7.36. The zero-order chi connectivity index (χ0) is 24.5. The maximum absolute atomic E-state index is 12.0. The number of ether oxygens (including phenoxy) is 1. The molecule has 2 aromatic carbocycles. The smallest absolute Gasteiger partial charge is 0.237 e. The molecule has 3 heterocycles. The topological polar surface area (TPSA) is 107 Å². The van der Waals surface area contributed by atoms with Gasteiger partial charge in [-0.15, -0.1) is 0 Å². The van der Waals surface area contributed by atoms with Crippen molar-refractivity contribution in [1.82, 2.24) is 25.2 Å². The van der Waals surface area contributed by atoms with Crippen LogP contribution in [-0.4, -0.2) is 39.1 Å². The average molecular weight is 483 g/mol. The Bertz CT molecular complexity index is 1360. The first-order chi connectivity index (χ1) is 17.7. The Morgan fingerprint density at radius 2 is 1.69 bits per heavy atom. The first kappa shape index (κ1) is 22.5. The van der Waals surface area contributed by atoms with Gasteiger partial charge in [0, 0.05) is 30.4 Å². The molecular weight excluding hydrogens is 452 g/mol. The number of nitrogens with one attached hydrogen (secondary N) is 2. The molecule has 1 saturated carbocycles. The number of amides is 1. The molecule has 4 N–H and O–H groups in total. The van der Waals surface area contributed by atoms with Crippen LogP contribution in [0.4, 0.5) is 5.82 Å². The standard InChI is InChI=1S/C28H30N6O2/c29-26-25-23(18-6-12-22(13-7-18)36-21-4-2-1-3-5-21)16-34(27(25)32-17-31-26)20-10-8-19(9-11-20)33-24-14-15-30-28(24)35/h1-7,12-13,16-17,19-20,24,33H,8-11,14-15H2,(H,30,35)(H2,29,31,32)/t19-,20+,24-/m0/s1. The molecule has 2 aliphatic rings. The van der Waals surface area contributed by atoms with E-state index in [0.717, 1.165) is 72.3 Å². The number of nitrogens with zero attached hydrogens (tertiary/aromatic N) is 3. The van der Waals surface area contributed by atoms with Crippen molar-refractivity contribution in [2.45, 2.75) is 50.2 Å². The minimum atomic E-state index is -0.0491. The number of para-hydroxylation sites is 1. The Hall–Kier alpha value is -3.91. The van der Waals surface area contributed by atoms with Gasteiger partial charge in [0.15, 0.2) is 0 Å². The summed E-state index contributed by atoms with van der Waals surface area (Å²) in [5.74, 6) is 2.20. The van der Waals surface area contributed by atoms with Crippen LogP contribution in [0.1, 0.15) is 38.1 Å². The van der Waals surface area contributed by atoms with Gasteiger partial charge < -0.3 is 25.7 Å². The van der Waals surface area contributed by atoms with Crippen LogP contribution in [0.25, 0.3) is 22.2 Å². The van der Waals surface area contributed by atoms with E-state index < -0.39 is 0 Å². The van der Waals surface area contributed by atoms with Gasteiger partial charge in [0.25, 0.3) is 0 Å². The highest BCUT2D eigenvalue weighted by atomic mass is 16.5. The number of nitrogen functional groups attached to an aromatic ring is 1. The van der Waals surface area contributed by atoms with Gasteiger partial charge in [-0.05, 0) is 61.9 Å². The molecule has 184 valence electrons. The van der Waals surface area contributed by atoms with Gasteiger partial charge in [0.1, 0.15) is 29.3 Å². The molecule has 1 aliphatic carbocycles. The van der Waals surface area contributed by atoms with Crippen LogP contribution in [0.2, 0.25) is 0 Å². The van der Waals surface area contributed by atoms with E-state index >= 15 is 0 Å². The van der Waals surface area contributed by atoms with Crippen LogP contribution in [0.15, 0.2) is 67.1 Å². The van der Waals surface area contributed by atoms with E-state index in [1.807, 2.05) is 42.5 Å². The summed E-state index contributed by atoms with van der Waals surface area (Å²) in [5, 5.41) is 7.36. The fourth-order valence-corrected chi connectivity index (χ4v) is 5.49. The molecule has 1 saturated heterocycles. The average Bonchev–Trinajstić information content (AvgIpc) is 3.50. The number of fused-ring (bicyclic) bond motifs is 1. The SMILES string of the molecule is Nc1ncnc2c1c(-c1ccc(Oc3ccccc3)cc1)cn2[C@H]1CC[C@@H](N[C@H]2CCNC2=O)CC1. The lowest BCUT2D eigenvalue weighted by molar-refractivity contribution is -0.121. The number of benzene rings is 2. The van der Waals surface area contributed by atoms with Crippen molar-refractivity contribution in [2.75, 3.05) is 12.3 Å². The van der Waals surface area contributed by atoms with Crippen molar-refractivity contribution >= 4 is 22.8 Å². The van der Waals surface area contributed by atoms with Crippen molar-refractivity contribution < 1.29 is 9.53 Å². The number of hydrogen-bond donors (Lipinski definition) is 3. The van der Waals surface area contributed by atoms with E-state index in [9.17, 15) is 4.79 Å². The van der Waals surface area contributed by atoms with Crippen molar-refractivity contribution in [3.8, 4) is 22.6 Å². The number of hydrogen-bond acceptors (Lipinski definition) is 6. The van der Waals surface area contributed by atoms with Crippen LogP contribution in [0, 0.1) is 0 Å². The first-order valence-electron chi connectivity index (χ1n) is 12.6. The van der Waals surface area contributed by atoms with E-state index in [4.69, 9.17) is 10.5 Å². The van der Waals surface area contributed by atoms with Gasteiger partial charge >= 0.3 is 0 Å². The second-order valence-electron chi connectivity index (χ2n) is 9.65. The third-order valence-corrected chi connectivity index (χ3v) is 7.36. The number of rotatable bonds is 6. The molecule has 2 fully saturated rings. The molecule has 8 nitrogen and oxygen atoms in total. The summed E-state index contributed by atoms with van der Waals surface area (Å²) in [6.45, 7) is 0.768. The maximum atomic E-state index is 12.0. The molecule has 4 aromatic rings. The van der Waals surface area contributed by atoms with E-state index in [-0.39, 0.29) is 11.9 Å². The number of aromatic nitrogens is 3. The van der Waals surface area contributed by atoms with Crippen LogP contribution >= 0.6 is 0 Å². The molecule has 6 rings (SSSR count). The molecule has 1 atom stereocenters. The Labute approximate surface area is 209 Å². The van der Waals surface area contributed by atoms with E-state index in [1.54, 1.807) is 6.33 Å². The van der Waals surface area contributed by atoms with E-state index in [0.29, 0.717) is 17.9 Å². The van der Waals surface area contributed by atoms with Gasteiger partial charge in [-0.3, -0.25) is 4.79 Å². The fraction of sp³-hybridized carbons (Fsp3) is 0.321. The summed E-state index contributed by atoms with van der Waals surface area (Å²) in [6, 6.07) is 18.4. The molecule has 0 spiro atoms. The highest BCUT2D eigenvalue weighted by Crippen LogP contribution is 2.38. The van der Waals surface area contributed by atoms with Crippen LogP contribution < -0.4 is 21.1 Å². The summed E-state index contributed by atoms with van der Waals surface area (Å²) < 4.78 is 8.23. The van der Waals surface area contributed by atoms with E-state index in [2.05, 4.69) is 43.5 Å². The normalized spacial score (nSPS) is 22.0. The van der Waals surface area contributed by atoms with E-state index in [1.165, 1.54) is 0 Å². The predicted molar refractivity (Wildman–Crippen MR) is 140 cm³/mol. The Morgan fingerprint density at radius 1 is 0.944 bits per heavy atom. The molecule has 1 amide bonds. The lowest BCUT2D eigenvalue weighted by Gasteiger charge is -2.31. The zero-order valence-electron chi connectivity index (χ0n) is 20.1. The van der Waals surface area contributed by atoms with Gasteiger partial charge in [0.05, 0.1) is 11.4 Å². The summed E-state index contributed by atoms with van der Waals surface area (Å²) in [5.41, 5.74) is 9.30. The Kier molecular flexibility index (Phi) is 6.03. The molecule has 0 radical (unpaired) electrons. The zero-order valence-corrected chi connectivity index (χ0v) is 20.1. The highest BCUT2D eigenvalue weighted by molar-refractivity contribution is 6.00. The molecule has 2 aromatic heterocycles. The summed E-state index contributed by atoms with van der Waals surface area (Å²) in [4.78, 5) is 20.9. The molecule has 8 heteroatoms. The molecule has 36 heavy (non-hydrogen) atoms. The van der Waals surface area contributed by atoms with Gasteiger partial charge in [0.2, 0.25) is 5.91 Å². The molecule has 0 unspecified atom stereocenters. The number of nitrogens with two attached hydrogens (primary N) is 1. The Morgan fingerprint density at radius 3 is 2.42 bits per heavy atom. The lowest BCUT2D eigenvalue weighted by Crippen LogP contribution is -2.44. The monoisotopic (exact) mass is 482 g/mol. The molecule has 1 aliphatic heterocycles. The number of carbonyl (C=O) groups excluding carboxylic acids is 1. The maximum Gasteiger partial charge on any atom is 0.237 e. The minimum Gasteiger partial charge on any atom is -0.457 e. The molecule has 0 bridgehead atoms. The van der Waals surface area contributed by atoms with Crippen molar-refractivity contribution in [3.05, 3.63) is 67.1 Å². The quantitative estimate of drug-likeness (QED) is 0.375. The largest absolute Gasteiger partial charge is 0.457 e. The first-order valence-corrected chi connectivity index (χ1v) is 12.6. The van der Waals surface area contributed by atoms with Crippen LogP contribution in [0.3, 0.4) is 0 Å². The van der Waals surface area contributed by atoms with Gasteiger partial charge in [-0.1, -0.05) is 30.3 Å². The molecular formula is C28H30N6O2. The van der Waals surface area contributed by atoms with Crippen molar-refractivity contribution in [1.29, 1.82) is 0 Å². The Balaban J connectivity index is 1.23. The predicted octanol–water partition coefficient (Wildman–Crippen LogP) is 4.43. The summed E-state index contributed by atoms with van der Waals surface area (Å²) >= 11 is 0. The number of anilines is 1. The highest BCUT2D eigenvalue weighted by Gasteiger charge is 2.30. The van der Waals surface area contributed by atoms with Gasteiger partial charge in [-0.2, -0.15) is 0 Å². The summed E-state index contributed by atoms with van der Waals surface area (Å²) in [7, 11) is 0. The minimum absolute atomic E-state index is 0.0491. The van der Waals surface area contributed by atoms with Crippen LogP contribution in [-0.2, 0) is 4.79 Å². The second-order valence-corrected chi connectivity index (χ2v) is 9.65.